The average molecular weight is 430 g/mol. The van der Waals surface area contributed by atoms with Crippen molar-refractivity contribution in [2.24, 2.45) is 0 Å². The summed E-state index contributed by atoms with van der Waals surface area (Å²) >= 11 is 5.93. The van der Waals surface area contributed by atoms with Crippen molar-refractivity contribution in [3.05, 3.63) is 64.7 Å². The molecule has 0 aliphatic carbocycles. The van der Waals surface area contributed by atoms with E-state index in [-0.39, 0.29) is 18.4 Å². The van der Waals surface area contributed by atoms with Gasteiger partial charge in [0.25, 0.3) is 5.91 Å². The smallest absolute Gasteiger partial charge is 0.253 e. The van der Waals surface area contributed by atoms with E-state index in [9.17, 15) is 9.59 Å². The Hall–Kier alpha value is -2.57. The van der Waals surface area contributed by atoms with Gasteiger partial charge in [-0.3, -0.25) is 14.5 Å². The second-order valence-corrected chi connectivity index (χ2v) is 7.95. The molecule has 0 saturated carbocycles. The molecule has 1 fully saturated rings. The van der Waals surface area contributed by atoms with E-state index >= 15 is 0 Å². The Balaban J connectivity index is 1.36. The van der Waals surface area contributed by atoms with E-state index in [1.54, 1.807) is 12.1 Å². The molecule has 0 unspecified atom stereocenters. The number of ether oxygens (including phenoxy) is 1. The highest BCUT2D eigenvalue weighted by molar-refractivity contribution is 6.30. The number of carbonyl (C=O) groups excluding carboxylic acids is 2. The third-order valence-corrected chi connectivity index (χ3v) is 5.27. The number of likely N-dealkylation sites (N-methyl/N-ethyl adjacent to an activating group) is 1. The largest absolute Gasteiger partial charge is 0.492 e. The van der Waals surface area contributed by atoms with Crippen molar-refractivity contribution < 1.29 is 14.3 Å². The van der Waals surface area contributed by atoms with Gasteiger partial charge < -0.3 is 15.0 Å². The van der Waals surface area contributed by atoms with E-state index in [4.69, 9.17) is 16.3 Å². The van der Waals surface area contributed by atoms with Crippen molar-refractivity contribution in [2.45, 2.75) is 19.4 Å². The van der Waals surface area contributed by atoms with Crippen LogP contribution in [0.4, 0.5) is 0 Å². The number of nitrogens with one attached hydrogen (secondary N) is 1. The van der Waals surface area contributed by atoms with Crippen molar-refractivity contribution in [3.8, 4) is 5.75 Å². The van der Waals surface area contributed by atoms with E-state index < -0.39 is 0 Å². The molecular weight excluding hydrogens is 402 g/mol. The Morgan fingerprint density at radius 2 is 1.87 bits per heavy atom. The third kappa shape index (κ3) is 6.75. The first-order chi connectivity index (χ1) is 14.5. The maximum Gasteiger partial charge on any atom is 0.253 e. The standard InChI is InChI=1S/C23H28ClN3O3/c1-26(13-14-30-21-6-4-5-20(24)15-21)17-22(28)25-16-18-7-9-19(10-8-18)23(29)27-11-2-3-12-27/h4-10,15H,2-3,11-14,16-17H2,1H3,(H,25,28). The van der Waals surface area contributed by atoms with Gasteiger partial charge in [0.15, 0.2) is 0 Å². The highest BCUT2D eigenvalue weighted by atomic mass is 35.5. The van der Waals surface area contributed by atoms with Crippen LogP contribution in [0.15, 0.2) is 48.5 Å². The molecule has 1 aliphatic heterocycles. The molecule has 6 nitrogen and oxygen atoms in total. The van der Waals surface area contributed by atoms with Crippen molar-refractivity contribution in [2.75, 3.05) is 39.8 Å². The van der Waals surface area contributed by atoms with Gasteiger partial charge in [-0.25, -0.2) is 0 Å². The summed E-state index contributed by atoms with van der Waals surface area (Å²) < 4.78 is 5.65. The van der Waals surface area contributed by atoms with E-state index in [0.29, 0.717) is 36.0 Å². The highest BCUT2D eigenvalue weighted by Crippen LogP contribution is 2.17. The molecule has 1 N–H and O–H groups in total. The van der Waals surface area contributed by atoms with Crippen LogP contribution in [0, 0.1) is 0 Å². The molecule has 30 heavy (non-hydrogen) atoms. The number of rotatable bonds is 9. The molecule has 0 spiro atoms. The molecule has 2 aromatic carbocycles. The summed E-state index contributed by atoms with van der Waals surface area (Å²) in [5, 5.41) is 3.55. The summed E-state index contributed by atoms with van der Waals surface area (Å²) in [6, 6.07) is 14.7. The Bertz CT molecular complexity index is 851. The number of likely N-dealkylation sites (tertiary alicyclic amines) is 1. The number of amides is 2. The maximum absolute atomic E-state index is 12.4. The van der Waals surface area contributed by atoms with Gasteiger partial charge in [0, 0.05) is 36.8 Å². The first-order valence-corrected chi connectivity index (χ1v) is 10.6. The fourth-order valence-corrected chi connectivity index (χ4v) is 3.51. The number of benzene rings is 2. The number of nitrogens with zero attached hydrogens (tertiary/aromatic N) is 2. The zero-order chi connectivity index (χ0) is 21.3. The molecule has 1 aliphatic rings. The van der Waals surface area contributed by atoms with E-state index in [1.165, 1.54) is 0 Å². The van der Waals surface area contributed by atoms with Crippen LogP contribution in [0.2, 0.25) is 5.02 Å². The van der Waals surface area contributed by atoms with E-state index in [0.717, 1.165) is 31.5 Å². The lowest BCUT2D eigenvalue weighted by molar-refractivity contribution is -0.122. The van der Waals surface area contributed by atoms with Crippen LogP contribution in [0.1, 0.15) is 28.8 Å². The topological polar surface area (TPSA) is 61.9 Å². The van der Waals surface area contributed by atoms with E-state index in [2.05, 4.69) is 5.32 Å². The molecule has 2 aromatic rings. The van der Waals surface area contributed by atoms with Crippen LogP contribution < -0.4 is 10.1 Å². The third-order valence-electron chi connectivity index (χ3n) is 5.04. The fourth-order valence-electron chi connectivity index (χ4n) is 3.32. The number of carbonyl (C=O) groups is 2. The molecule has 0 atom stereocenters. The molecule has 1 heterocycles. The highest BCUT2D eigenvalue weighted by Gasteiger charge is 2.19. The van der Waals surface area contributed by atoms with Crippen LogP contribution >= 0.6 is 11.6 Å². The zero-order valence-electron chi connectivity index (χ0n) is 17.3. The van der Waals surface area contributed by atoms with Crippen molar-refractivity contribution >= 4 is 23.4 Å². The minimum Gasteiger partial charge on any atom is -0.492 e. The molecule has 0 bridgehead atoms. The van der Waals surface area contributed by atoms with E-state index in [1.807, 2.05) is 53.2 Å². The van der Waals surface area contributed by atoms with Crippen LogP contribution in [0.5, 0.6) is 5.75 Å². The average Bonchev–Trinajstić information content (AvgIpc) is 3.27. The minimum atomic E-state index is -0.0579. The lowest BCUT2D eigenvalue weighted by atomic mass is 10.1. The molecule has 1 saturated heterocycles. The lowest BCUT2D eigenvalue weighted by Crippen LogP contribution is -2.36. The number of halogens is 1. The molecule has 2 amide bonds. The number of hydrogen-bond acceptors (Lipinski definition) is 4. The molecular formula is C23H28ClN3O3. The zero-order valence-corrected chi connectivity index (χ0v) is 18.0. The Labute approximate surface area is 182 Å². The Morgan fingerprint density at radius 1 is 1.13 bits per heavy atom. The normalized spacial score (nSPS) is 13.5. The summed E-state index contributed by atoms with van der Waals surface area (Å²) in [6.07, 6.45) is 2.16. The molecule has 3 rings (SSSR count). The maximum atomic E-state index is 12.4. The molecule has 0 radical (unpaired) electrons. The first-order valence-electron chi connectivity index (χ1n) is 10.2. The van der Waals surface area contributed by atoms with Crippen molar-refractivity contribution in [3.63, 3.8) is 0 Å². The van der Waals surface area contributed by atoms with Gasteiger partial charge in [0.1, 0.15) is 12.4 Å². The van der Waals surface area contributed by atoms with Gasteiger partial charge in [0.2, 0.25) is 5.91 Å². The predicted octanol–water partition coefficient (Wildman–Crippen LogP) is 3.20. The molecule has 160 valence electrons. The SMILES string of the molecule is CN(CCOc1cccc(Cl)c1)CC(=O)NCc1ccc(C(=O)N2CCCC2)cc1. The fraction of sp³-hybridized carbons (Fsp3) is 0.391. The van der Waals surface area contributed by atoms with Gasteiger partial charge in [-0.15, -0.1) is 0 Å². The van der Waals surface area contributed by atoms with Gasteiger partial charge in [-0.1, -0.05) is 29.8 Å². The van der Waals surface area contributed by atoms with Gasteiger partial charge in [0.05, 0.1) is 6.54 Å². The summed E-state index contributed by atoms with van der Waals surface area (Å²) in [6.45, 7) is 3.49. The van der Waals surface area contributed by atoms with Crippen molar-refractivity contribution in [1.29, 1.82) is 0 Å². The first kappa shape index (κ1) is 22.1. The van der Waals surface area contributed by atoms with Gasteiger partial charge in [-0.2, -0.15) is 0 Å². The summed E-state index contributed by atoms with van der Waals surface area (Å²) in [5.41, 5.74) is 1.67. The van der Waals surface area contributed by atoms with Crippen LogP contribution in [-0.2, 0) is 11.3 Å². The minimum absolute atomic E-state index is 0.0579. The van der Waals surface area contributed by atoms with Crippen LogP contribution in [0.25, 0.3) is 0 Å². The Kier molecular flexibility index (Phi) is 8.11. The summed E-state index contributed by atoms with van der Waals surface area (Å²) in [4.78, 5) is 28.3. The monoisotopic (exact) mass is 429 g/mol. The van der Waals surface area contributed by atoms with Crippen molar-refractivity contribution in [1.82, 2.24) is 15.1 Å². The second-order valence-electron chi connectivity index (χ2n) is 7.52. The van der Waals surface area contributed by atoms with Crippen LogP contribution in [-0.4, -0.2) is 61.4 Å². The van der Waals surface area contributed by atoms with Gasteiger partial charge >= 0.3 is 0 Å². The lowest BCUT2D eigenvalue weighted by Gasteiger charge is -2.17. The predicted molar refractivity (Wildman–Crippen MR) is 118 cm³/mol. The Morgan fingerprint density at radius 3 is 2.57 bits per heavy atom. The van der Waals surface area contributed by atoms with Crippen LogP contribution in [0.3, 0.4) is 0 Å². The summed E-state index contributed by atoms with van der Waals surface area (Å²) in [7, 11) is 1.87. The molecule has 7 heteroatoms. The number of hydrogen-bond donors (Lipinski definition) is 1. The van der Waals surface area contributed by atoms with Gasteiger partial charge in [-0.05, 0) is 55.8 Å². The quantitative estimate of drug-likeness (QED) is 0.665. The molecule has 0 aromatic heterocycles. The summed E-state index contributed by atoms with van der Waals surface area (Å²) in [5.74, 6) is 0.745. The second kappa shape index (κ2) is 11.0.